The minimum absolute atomic E-state index is 0.361. The highest BCUT2D eigenvalue weighted by Crippen LogP contribution is 2.33. The number of aromatic amines is 1. The Morgan fingerprint density at radius 3 is 2.68 bits per heavy atom. The highest BCUT2D eigenvalue weighted by atomic mass is 32.2. The summed E-state index contributed by atoms with van der Waals surface area (Å²) in [6, 6.07) is 10.0. The van der Waals surface area contributed by atoms with Crippen LogP contribution < -0.4 is 0 Å². The van der Waals surface area contributed by atoms with Gasteiger partial charge in [-0.3, -0.25) is 4.90 Å². The maximum atomic E-state index is 13.1. The molecule has 2 fully saturated rings. The number of nitrogens with one attached hydrogen (secondary N) is 1. The van der Waals surface area contributed by atoms with Crippen LogP contribution in [-0.2, 0) is 23.1 Å². The molecule has 1 atom stereocenters. The van der Waals surface area contributed by atoms with Gasteiger partial charge in [0.25, 0.3) is 0 Å². The van der Waals surface area contributed by atoms with E-state index in [2.05, 4.69) is 33.5 Å². The third kappa shape index (κ3) is 3.81. The van der Waals surface area contributed by atoms with Crippen LogP contribution in [0.25, 0.3) is 11.0 Å². The van der Waals surface area contributed by atoms with Crippen LogP contribution in [0.5, 0.6) is 0 Å². The fraction of sp³-hybridized carbons (Fsp3) is 0.522. The van der Waals surface area contributed by atoms with Gasteiger partial charge in [-0.25, -0.2) is 13.4 Å². The number of nitrogens with zero attached hydrogens (tertiary/aromatic N) is 4. The second kappa shape index (κ2) is 8.41. The molecule has 0 spiro atoms. The molecule has 31 heavy (non-hydrogen) atoms. The van der Waals surface area contributed by atoms with E-state index in [1.54, 1.807) is 16.4 Å². The van der Waals surface area contributed by atoms with E-state index in [1.807, 2.05) is 12.3 Å². The maximum Gasteiger partial charge on any atom is 0.243 e. The lowest BCUT2D eigenvalue weighted by molar-refractivity contribution is 0.236. The van der Waals surface area contributed by atoms with E-state index >= 15 is 0 Å². The summed E-state index contributed by atoms with van der Waals surface area (Å²) in [5.74, 6) is 1.00. The van der Waals surface area contributed by atoms with Crippen LogP contribution in [0, 0.1) is 0 Å². The number of imidazole rings is 1. The first-order chi connectivity index (χ1) is 15.1. The quantitative estimate of drug-likeness (QED) is 0.630. The summed E-state index contributed by atoms with van der Waals surface area (Å²) in [4.78, 5) is 11.1. The number of sulfonamides is 1. The molecule has 0 amide bonds. The molecule has 1 unspecified atom stereocenters. The van der Waals surface area contributed by atoms with Gasteiger partial charge in [-0.2, -0.15) is 4.31 Å². The first-order valence-corrected chi connectivity index (χ1v) is 12.9. The lowest BCUT2D eigenvalue weighted by Crippen LogP contribution is -2.35. The van der Waals surface area contributed by atoms with Crippen molar-refractivity contribution in [3.63, 3.8) is 0 Å². The smallest absolute Gasteiger partial charge is 0.243 e. The van der Waals surface area contributed by atoms with E-state index in [0.29, 0.717) is 24.0 Å². The van der Waals surface area contributed by atoms with Gasteiger partial charge in [-0.1, -0.05) is 6.42 Å². The van der Waals surface area contributed by atoms with Crippen LogP contribution in [0.15, 0.2) is 41.4 Å². The summed E-state index contributed by atoms with van der Waals surface area (Å²) < 4.78 is 30.1. The molecule has 0 radical (unpaired) electrons. The Bertz CT molecular complexity index is 1150. The summed E-state index contributed by atoms with van der Waals surface area (Å²) in [6.07, 6.45) is 7.29. The predicted molar refractivity (Wildman–Crippen MR) is 121 cm³/mol. The molecule has 2 aromatic heterocycles. The van der Waals surface area contributed by atoms with E-state index in [-0.39, 0.29) is 0 Å². The highest BCUT2D eigenvalue weighted by molar-refractivity contribution is 7.89. The first-order valence-electron chi connectivity index (χ1n) is 11.4. The largest absolute Gasteiger partial charge is 0.364 e. The summed E-state index contributed by atoms with van der Waals surface area (Å²) >= 11 is 0. The molecule has 8 heteroatoms. The molecule has 0 bridgehead atoms. The SMILES string of the molecule is CCn1c(CN2CCCC2c2ccc[nH]2)nc2cc(S(=O)(=O)N3CCCCC3)ccc21. The third-order valence-corrected chi connectivity index (χ3v) is 8.65. The molecule has 1 aromatic carbocycles. The van der Waals surface area contributed by atoms with Crippen molar-refractivity contribution in [1.82, 2.24) is 23.7 Å². The molecule has 166 valence electrons. The molecule has 5 rings (SSSR count). The van der Waals surface area contributed by atoms with Crippen molar-refractivity contribution in [2.45, 2.75) is 63.1 Å². The molecule has 0 aliphatic carbocycles. The van der Waals surface area contributed by atoms with Crippen molar-refractivity contribution in [3.05, 3.63) is 48.0 Å². The van der Waals surface area contributed by atoms with Crippen LogP contribution in [0.4, 0.5) is 0 Å². The van der Waals surface area contributed by atoms with Gasteiger partial charge in [0.1, 0.15) is 5.82 Å². The van der Waals surface area contributed by atoms with E-state index in [4.69, 9.17) is 4.98 Å². The van der Waals surface area contributed by atoms with Gasteiger partial charge >= 0.3 is 0 Å². The number of benzene rings is 1. The Balaban J connectivity index is 1.46. The number of hydrogen-bond acceptors (Lipinski definition) is 4. The van der Waals surface area contributed by atoms with Crippen LogP contribution >= 0.6 is 0 Å². The van der Waals surface area contributed by atoms with Gasteiger partial charge in [0.05, 0.1) is 28.5 Å². The van der Waals surface area contributed by atoms with E-state index in [1.165, 1.54) is 12.1 Å². The number of H-pyrrole nitrogens is 1. The van der Waals surface area contributed by atoms with Crippen molar-refractivity contribution < 1.29 is 8.42 Å². The Morgan fingerprint density at radius 1 is 1.10 bits per heavy atom. The van der Waals surface area contributed by atoms with E-state index in [9.17, 15) is 8.42 Å². The normalized spacial score (nSPS) is 21.3. The molecule has 0 saturated carbocycles. The predicted octanol–water partition coefficient (Wildman–Crippen LogP) is 3.90. The van der Waals surface area contributed by atoms with Crippen molar-refractivity contribution in [2.24, 2.45) is 0 Å². The summed E-state index contributed by atoms with van der Waals surface area (Å²) in [5.41, 5.74) is 3.03. The topological polar surface area (TPSA) is 74.2 Å². The molecular formula is C23H31N5O2S. The zero-order valence-corrected chi connectivity index (χ0v) is 18.9. The van der Waals surface area contributed by atoms with Gasteiger partial charge in [0.15, 0.2) is 0 Å². The number of likely N-dealkylation sites (tertiary alicyclic amines) is 1. The number of piperidine rings is 1. The summed E-state index contributed by atoms with van der Waals surface area (Å²) in [6.45, 7) is 5.97. The Kier molecular flexibility index (Phi) is 5.62. The van der Waals surface area contributed by atoms with Crippen LogP contribution in [0.2, 0.25) is 0 Å². The second-order valence-electron chi connectivity index (χ2n) is 8.64. The molecule has 2 aliphatic heterocycles. The zero-order valence-electron chi connectivity index (χ0n) is 18.1. The monoisotopic (exact) mass is 441 g/mol. The highest BCUT2D eigenvalue weighted by Gasteiger charge is 2.29. The maximum absolute atomic E-state index is 13.1. The lowest BCUT2D eigenvalue weighted by atomic mass is 10.1. The summed E-state index contributed by atoms with van der Waals surface area (Å²) in [7, 11) is -3.46. The molecule has 4 heterocycles. The lowest BCUT2D eigenvalue weighted by Gasteiger charge is -2.25. The molecule has 2 aliphatic rings. The average Bonchev–Trinajstić information content (AvgIpc) is 3.53. The van der Waals surface area contributed by atoms with Gasteiger partial charge in [0.2, 0.25) is 10.0 Å². The van der Waals surface area contributed by atoms with Gasteiger partial charge in [-0.15, -0.1) is 0 Å². The molecule has 3 aromatic rings. The summed E-state index contributed by atoms with van der Waals surface area (Å²) in [5, 5.41) is 0. The molecule has 1 N–H and O–H groups in total. The number of fused-ring (bicyclic) bond motifs is 1. The standard InChI is InChI=1S/C23H31N5O2S/c1-2-28-22-11-10-18(31(29,30)27-14-4-3-5-15-27)16-20(22)25-23(28)17-26-13-7-9-21(26)19-8-6-12-24-19/h6,8,10-12,16,21,24H,2-5,7,9,13-15,17H2,1H3. The third-order valence-electron chi connectivity index (χ3n) is 6.76. The minimum Gasteiger partial charge on any atom is -0.364 e. The second-order valence-corrected chi connectivity index (χ2v) is 10.6. The number of rotatable bonds is 6. The van der Waals surface area contributed by atoms with E-state index in [0.717, 1.165) is 62.2 Å². The fourth-order valence-electron chi connectivity index (χ4n) is 5.15. The van der Waals surface area contributed by atoms with Crippen LogP contribution in [-0.4, -0.2) is 51.8 Å². The Morgan fingerprint density at radius 2 is 1.94 bits per heavy atom. The van der Waals surface area contributed by atoms with Gasteiger partial charge < -0.3 is 9.55 Å². The minimum atomic E-state index is -3.46. The Labute approximate surface area is 184 Å². The molecular weight excluding hydrogens is 410 g/mol. The van der Waals surface area contributed by atoms with Crippen molar-refractivity contribution in [1.29, 1.82) is 0 Å². The van der Waals surface area contributed by atoms with Gasteiger partial charge in [-0.05, 0) is 69.5 Å². The first kappa shape index (κ1) is 20.7. The number of aromatic nitrogens is 3. The molecule has 2 saturated heterocycles. The fourth-order valence-corrected chi connectivity index (χ4v) is 6.69. The number of aryl methyl sites for hydroxylation is 1. The van der Waals surface area contributed by atoms with Crippen LogP contribution in [0.1, 0.15) is 56.6 Å². The van der Waals surface area contributed by atoms with Crippen molar-refractivity contribution in [3.8, 4) is 0 Å². The van der Waals surface area contributed by atoms with E-state index < -0.39 is 10.0 Å². The van der Waals surface area contributed by atoms with Gasteiger partial charge in [0, 0.05) is 31.5 Å². The number of hydrogen-bond donors (Lipinski definition) is 1. The Hall–Kier alpha value is -2.16. The van der Waals surface area contributed by atoms with Crippen molar-refractivity contribution in [2.75, 3.05) is 19.6 Å². The molecule has 7 nitrogen and oxygen atoms in total. The zero-order chi connectivity index (χ0) is 21.4. The van der Waals surface area contributed by atoms with Crippen LogP contribution in [0.3, 0.4) is 0 Å². The average molecular weight is 442 g/mol. The van der Waals surface area contributed by atoms with Crippen molar-refractivity contribution >= 4 is 21.1 Å².